The highest BCUT2D eigenvalue weighted by Gasteiger charge is 2.30. The molecule has 0 bridgehead atoms. The van der Waals surface area contributed by atoms with E-state index in [1.807, 2.05) is 12.1 Å². The molecule has 0 aliphatic carbocycles. The van der Waals surface area contributed by atoms with Gasteiger partial charge in [-0.1, -0.05) is 37.3 Å². The van der Waals surface area contributed by atoms with Crippen LogP contribution in [0.1, 0.15) is 35.6 Å². The maximum Gasteiger partial charge on any atom is 0.416 e. The Kier molecular flexibility index (Phi) is 7.94. The first-order chi connectivity index (χ1) is 19.6. The largest absolute Gasteiger partial charge is 0.416 e. The smallest absolute Gasteiger partial charge is 0.383 e. The van der Waals surface area contributed by atoms with Crippen LogP contribution < -0.4 is 15.5 Å². The highest BCUT2D eigenvalue weighted by atomic mass is 19.4. The van der Waals surface area contributed by atoms with Gasteiger partial charge >= 0.3 is 6.18 Å². The predicted molar refractivity (Wildman–Crippen MR) is 151 cm³/mol. The van der Waals surface area contributed by atoms with Crippen molar-refractivity contribution >= 4 is 34.6 Å². The van der Waals surface area contributed by atoms with E-state index in [1.165, 1.54) is 24.3 Å². The Morgan fingerprint density at radius 1 is 1.12 bits per heavy atom. The lowest BCUT2D eigenvalue weighted by Gasteiger charge is -2.23. The number of nitrogens with one attached hydrogen (secondary N) is 2. The number of carbonyl (C=O) groups is 2. The molecule has 3 heterocycles. The number of nitrogens with zero attached hydrogens (tertiary/aromatic N) is 2. The number of aromatic nitrogens is 1. The monoisotopic (exact) mass is 562 g/mol. The number of hydrogen-bond acceptors (Lipinski definition) is 5. The van der Waals surface area contributed by atoms with Gasteiger partial charge in [-0.2, -0.15) is 13.2 Å². The summed E-state index contributed by atoms with van der Waals surface area (Å²) in [5.74, 6) is 0.469. The van der Waals surface area contributed by atoms with Gasteiger partial charge in [0.05, 0.1) is 5.56 Å². The summed E-state index contributed by atoms with van der Waals surface area (Å²) in [7, 11) is 0. The van der Waals surface area contributed by atoms with Crippen LogP contribution in [0.15, 0.2) is 79.0 Å². The number of rotatable bonds is 6. The summed E-state index contributed by atoms with van der Waals surface area (Å²) in [5.41, 5.74) is 2.66. The first kappa shape index (κ1) is 28.1. The fourth-order valence-corrected chi connectivity index (χ4v) is 5.02. The van der Waals surface area contributed by atoms with Crippen molar-refractivity contribution < 1.29 is 27.9 Å². The summed E-state index contributed by atoms with van der Waals surface area (Å²) in [6.45, 7) is 4.03. The number of amides is 2. The topological polar surface area (TPSA) is 94.6 Å². The van der Waals surface area contributed by atoms with Gasteiger partial charge in [0, 0.05) is 54.3 Å². The molecule has 41 heavy (non-hydrogen) atoms. The zero-order chi connectivity index (χ0) is 29.1. The lowest BCUT2D eigenvalue weighted by molar-refractivity contribution is -0.137. The van der Waals surface area contributed by atoms with Crippen molar-refractivity contribution in [3.05, 3.63) is 101 Å². The number of hydrogen-bond donors (Lipinski definition) is 3. The van der Waals surface area contributed by atoms with Crippen LogP contribution in [0.5, 0.6) is 0 Å². The van der Waals surface area contributed by atoms with Gasteiger partial charge in [-0.25, -0.2) is 4.98 Å². The zero-order valence-corrected chi connectivity index (χ0v) is 22.3. The van der Waals surface area contributed by atoms with E-state index in [9.17, 15) is 27.9 Å². The van der Waals surface area contributed by atoms with Crippen molar-refractivity contribution in [1.29, 1.82) is 0 Å². The van der Waals surface area contributed by atoms with Gasteiger partial charge in [0.25, 0.3) is 5.91 Å². The molecule has 5 rings (SSSR count). The van der Waals surface area contributed by atoms with Crippen molar-refractivity contribution in [2.45, 2.75) is 32.0 Å². The molecular weight excluding hydrogens is 533 g/mol. The van der Waals surface area contributed by atoms with Gasteiger partial charge < -0.3 is 20.6 Å². The molecule has 2 aliphatic rings. The molecule has 3 aromatic rings. The Bertz CT molecular complexity index is 1500. The van der Waals surface area contributed by atoms with E-state index in [1.54, 1.807) is 30.5 Å². The number of pyridine rings is 1. The van der Waals surface area contributed by atoms with Crippen LogP contribution in [0, 0.1) is 5.92 Å². The molecule has 7 nitrogen and oxygen atoms in total. The quantitative estimate of drug-likeness (QED) is 0.275. The Labute approximate surface area is 235 Å². The van der Waals surface area contributed by atoms with Crippen LogP contribution in [0.3, 0.4) is 0 Å². The standard InChI is InChI=1S/C31H29F3N4O3/c1-19-14-15-38(18-19)28-13-10-21(17-35-28)23(20-8-11-22(12-9-20)31(32,33)34)4-2-7-29(40)36-25-5-3-6-26-24(25)16-27(39)30(41)37-26/h2-13,17,19,27,39H,14-16,18H2,1H3,(H,36,40)(H,37,41). The van der Waals surface area contributed by atoms with Crippen LogP contribution in [0.25, 0.3) is 5.57 Å². The molecule has 1 aromatic heterocycles. The fraction of sp³-hybridized carbons (Fsp3) is 0.258. The van der Waals surface area contributed by atoms with Crippen molar-refractivity contribution in [2.75, 3.05) is 28.6 Å². The number of carbonyl (C=O) groups excluding carboxylic acids is 2. The van der Waals surface area contributed by atoms with Crippen LogP contribution in [0.2, 0.25) is 0 Å². The summed E-state index contributed by atoms with van der Waals surface area (Å²) in [5, 5.41) is 15.3. The van der Waals surface area contributed by atoms with Gasteiger partial charge in [-0.3, -0.25) is 9.59 Å². The first-order valence-electron chi connectivity index (χ1n) is 13.3. The van der Waals surface area contributed by atoms with Crippen LogP contribution in [-0.4, -0.2) is 41.1 Å². The number of benzene rings is 2. The SMILES string of the molecule is CC1CCN(c2ccc(C(=CC=CC(=O)Nc3cccc4c3CC(O)C(=O)N4)c3ccc(C(F)(F)F)cc3)cn2)C1. The van der Waals surface area contributed by atoms with Crippen LogP contribution in [-0.2, 0) is 22.2 Å². The number of fused-ring (bicyclic) bond motifs is 1. The molecule has 2 aliphatic heterocycles. The molecule has 212 valence electrons. The summed E-state index contributed by atoms with van der Waals surface area (Å²) >= 11 is 0. The molecule has 2 unspecified atom stereocenters. The normalized spacial score (nSPS) is 19.3. The molecule has 1 saturated heterocycles. The predicted octanol–water partition coefficient (Wildman–Crippen LogP) is 5.43. The highest BCUT2D eigenvalue weighted by Crippen LogP contribution is 2.32. The summed E-state index contributed by atoms with van der Waals surface area (Å²) in [4.78, 5) is 31.3. The van der Waals surface area contributed by atoms with E-state index in [0.29, 0.717) is 39.6 Å². The Morgan fingerprint density at radius 2 is 1.88 bits per heavy atom. The lowest BCUT2D eigenvalue weighted by atomic mass is 9.97. The molecule has 2 atom stereocenters. The maximum atomic E-state index is 13.2. The Hall–Kier alpha value is -4.44. The first-order valence-corrected chi connectivity index (χ1v) is 13.3. The second kappa shape index (κ2) is 11.6. The van der Waals surface area contributed by atoms with Gasteiger partial charge in [0.1, 0.15) is 11.9 Å². The van der Waals surface area contributed by atoms with E-state index >= 15 is 0 Å². The second-order valence-electron chi connectivity index (χ2n) is 10.3. The highest BCUT2D eigenvalue weighted by molar-refractivity contribution is 6.03. The zero-order valence-electron chi connectivity index (χ0n) is 22.3. The van der Waals surface area contributed by atoms with Crippen LogP contribution >= 0.6 is 0 Å². The molecule has 3 N–H and O–H groups in total. The molecule has 0 spiro atoms. The van der Waals surface area contributed by atoms with Crippen molar-refractivity contribution in [3.8, 4) is 0 Å². The maximum absolute atomic E-state index is 13.2. The van der Waals surface area contributed by atoms with E-state index in [4.69, 9.17) is 0 Å². The minimum atomic E-state index is -4.45. The number of alkyl halides is 3. The minimum Gasteiger partial charge on any atom is -0.383 e. The van der Waals surface area contributed by atoms with Crippen molar-refractivity contribution in [2.24, 2.45) is 5.92 Å². The third kappa shape index (κ3) is 6.49. The second-order valence-corrected chi connectivity index (χ2v) is 10.3. The van der Waals surface area contributed by atoms with Gasteiger partial charge in [-0.15, -0.1) is 0 Å². The van der Waals surface area contributed by atoms with E-state index in [0.717, 1.165) is 37.5 Å². The van der Waals surface area contributed by atoms with Crippen molar-refractivity contribution in [3.63, 3.8) is 0 Å². The Morgan fingerprint density at radius 3 is 2.54 bits per heavy atom. The molecule has 0 radical (unpaired) electrons. The Balaban J connectivity index is 1.39. The van der Waals surface area contributed by atoms with Crippen LogP contribution in [0.4, 0.5) is 30.4 Å². The molecule has 2 amide bonds. The number of aliphatic hydroxyl groups excluding tert-OH is 1. The summed E-state index contributed by atoms with van der Waals surface area (Å²) in [6, 6.07) is 13.7. The summed E-state index contributed by atoms with van der Waals surface area (Å²) in [6.07, 6.45) is 1.66. The average molecular weight is 563 g/mol. The summed E-state index contributed by atoms with van der Waals surface area (Å²) < 4.78 is 39.5. The number of anilines is 3. The van der Waals surface area contributed by atoms with E-state index in [2.05, 4.69) is 27.4 Å². The minimum absolute atomic E-state index is 0.0681. The molecule has 1 fully saturated rings. The van der Waals surface area contributed by atoms with E-state index in [-0.39, 0.29) is 6.42 Å². The fourth-order valence-electron chi connectivity index (χ4n) is 5.02. The number of halogens is 3. The molecule has 2 aromatic carbocycles. The van der Waals surface area contributed by atoms with Gasteiger partial charge in [0.2, 0.25) is 5.91 Å². The molecular formula is C31H29F3N4O3. The number of allylic oxidation sites excluding steroid dienone is 2. The number of aliphatic hydroxyl groups is 1. The lowest BCUT2D eigenvalue weighted by Crippen LogP contribution is -2.34. The average Bonchev–Trinajstić information content (AvgIpc) is 3.38. The van der Waals surface area contributed by atoms with Gasteiger partial charge in [-0.05, 0) is 59.9 Å². The van der Waals surface area contributed by atoms with Crippen molar-refractivity contribution in [1.82, 2.24) is 4.98 Å². The molecule has 10 heteroatoms. The third-order valence-electron chi connectivity index (χ3n) is 7.23. The van der Waals surface area contributed by atoms with E-state index < -0.39 is 29.7 Å². The third-order valence-corrected chi connectivity index (χ3v) is 7.23. The van der Waals surface area contributed by atoms with Gasteiger partial charge in [0.15, 0.2) is 0 Å². The molecule has 0 saturated carbocycles.